The summed E-state index contributed by atoms with van der Waals surface area (Å²) in [6, 6.07) is 15.0. The second-order valence-corrected chi connectivity index (χ2v) is 8.76. The molecule has 3 rings (SSSR count). The number of alkyl carbamates (subject to hydrolysis) is 1. The Kier molecular flexibility index (Phi) is 8.03. The second-order valence-electron chi connectivity index (χ2n) is 8.76. The number of hydrogen-bond acceptors (Lipinski definition) is 4. The smallest absolute Gasteiger partial charge is 0.407 e. The summed E-state index contributed by atoms with van der Waals surface area (Å²) in [7, 11) is 0. The zero-order valence-corrected chi connectivity index (χ0v) is 19.3. The summed E-state index contributed by atoms with van der Waals surface area (Å²) < 4.78 is 43.8. The number of carboxylic acids is 1. The summed E-state index contributed by atoms with van der Waals surface area (Å²) in [5.74, 6) is -5.98. The molecule has 7 nitrogen and oxygen atoms in total. The lowest BCUT2D eigenvalue weighted by molar-refractivity contribution is -0.192. The lowest BCUT2D eigenvalue weighted by Crippen LogP contribution is -2.45. The first-order chi connectivity index (χ1) is 16.5. The first kappa shape index (κ1) is 26.1. The minimum atomic E-state index is -4.99. The molecular formula is C25H27F3N2O5. The van der Waals surface area contributed by atoms with Crippen LogP contribution in [0.2, 0.25) is 0 Å². The molecule has 2 atom stereocenters. The molecule has 0 bridgehead atoms. The number of amides is 2. The topological polar surface area (TPSA) is 105 Å². The Morgan fingerprint density at radius 2 is 1.54 bits per heavy atom. The number of alkyl halides is 3. The monoisotopic (exact) mass is 492 g/mol. The number of halogens is 3. The van der Waals surface area contributed by atoms with Gasteiger partial charge in [0.15, 0.2) is 5.92 Å². The SMILES string of the molecule is CC(C)[C@@H](CC(=O)NCC(C(=O)O)C(F)(F)F)NC(=O)OCC1c2ccccc2-c2ccccc21. The van der Waals surface area contributed by atoms with E-state index in [1.54, 1.807) is 13.8 Å². The minimum absolute atomic E-state index is 0.0722. The third-order valence-electron chi connectivity index (χ3n) is 6.05. The average molecular weight is 492 g/mol. The molecule has 0 heterocycles. The summed E-state index contributed by atoms with van der Waals surface area (Å²) in [5.41, 5.74) is 4.23. The van der Waals surface area contributed by atoms with E-state index in [-0.39, 0.29) is 24.9 Å². The molecule has 1 aliphatic carbocycles. The zero-order chi connectivity index (χ0) is 25.8. The second kappa shape index (κ2) is 10.8. The van der Waals surface area contributed by atoms with E-state index in [9.17, 15) is 27.6 Å². The normalized spacial score (nSPS) is 14.6. The fourth-order valence-corrected chi connectivity index (χ4v) is 4.08. The Morgan fingerprint density at radius 3 is 2.03 bits per heavy atom. The van der Waals surface area contributed by atoms with Gasteiger partial charge in [0.25, 0.3) is 0 Å². The number of rotatable bonds is 9. The van der Waals surface area contributed by atoms with Crippen LogP contribution in [0.25, 0.3) is 11.1 Å². The van der Waals surface area contributed by atoms with Crippen molar-refractivity contribution in [2.24, 2.45) is 11.8 Å². The number of carbonyl (C=O) groups is 3. The highest BCUT2D eigenvalue weighted by molar-refractivity contribution is 5.80. The molecule has 2 amide bonds. The molecule has 0 spiro atoms. The standard InChI is InChI=1S/C25H27F3N2O5/c1-14(2)21(11-22(31)29-12-20(23(32)33)25(26,27)28)30-24(34)35-13-19-17-9-5-3-7-15(17)16-8-4-6-10-18(16)19/h3-10,14,19-21H,11-13H2,1-2H3,(H,29,31)(H,30,34)(H,32,33)/t20?,21-/m1/s1. The van der Waals surface area contributed by atoms with Crippen LogP contribution in [0.15, 0.2) is 48.5 Å². The molecule has 0 aliphatic heterocycles. The number of ether oxygens (including phenoxy) is 1. The third kappa shape index (κ3) is 6.32. The van der Waals surface area contributed by atoms with Gasteiger partial charge < -0.3 is 20.5 Å². The third-order valence-corrected chi connectivity index (χ3v) is 6.05. The number of aliphatic carboxylic acids is 1. The van der Waals surface area contributed by atoms with E-state index in [2.05, 4.69) is 5.32 Å². The fraction of sp³-hybridized carbons (Fsp3) is 0.400. The summed E-state index contributed by atoms with van der Waals surface area (Å²) in [6.07, 6.45) is -6.07. The zero-order valence-electron chi connectivity index (χ0n) is 19.3. The van der Waals surface area contributed by atoms with E-state index in [4.69, 9.17) is 9.84 Å². The Balaban J connectivity index is 1.57. The summed E-state index contributed by atoms with van der Waals surface area (Å²) in [4.78, 5) is 35.5. The van der Waals surface area contributed by atoms with Crippen LogP contribution >= 0.6 is 0 Å². The van der Waals surface area contributed by atoms with Gasteiger partial charge in [0, 0.05) is 24.9 Å². The predicted octanol–water partition coefficient (Wildman–Crippen LogP) is 4.32. The van der Waals surface area contributed by atoms with Crippen molar-refractivity contribution < 1.29 is 37.4 Å². The molecule has 0 saturated carbocycles. The maximum absolute atomic E-state index is 12.8. The number of hydrogen-bond donors (Lipinski definition) is 3. The molecule has 0 radical (unpaired) electrons. The first-order valence-corrected chi connectivity index (χ1v) is 11.2. The van der Waals surface area contributed by atoms with Gasteiger partial charge in [-0.2, -0.15) is 13.2 Å². The van der Waals surface area contributed by atoms with Gasteiger partial charge in [-0.25, -0.2) is 4.79 Å². The lowest BCUT2D eigenvalue weighted by atomic mass is 9.98. The average Bonchev–Trinajstić information content (AvgIpc) is 3.10. The van der Waals surface area contributed by atoms with Crippen LogP contribution < -0.4 is 10.6 Å². The Hall–Kier alpha value is -3.56. The van der Waals surface area contributed by atoms with Crippen molar-refractivity contribution >= 4 is 18.0 Å². The molecule has 188 valence electrons. The highest BCUT2D eigenvalue weighted by Gasteiger charge is 2.45. The van der Waals surface area contributed by atoms with E-state index in [0.29, 0.717) is 0 Å². The van der Waals surface area contributed by atoms with Crippen molar-refractivity contribution in [3.05, 3.63) is 59.7 Å². The molecule has 2 aromatic carbocycles. The largest absolute Gasteiger partial charge is 0.481 e. The van der Waals surface area contributed by atoms with Crippen LogP contribution in [-0.2, 0) is 14.3 Å². The number of fused-ring (bicyclic) bond motifs is 3. The molecule has 3 N–H and O–H groups in total. The van der Waals surface area contributed by atoms with Crippen molar-refractivity contribution in [2.75, 3.05) is 13.2 Å². The molecule has 0 aromatic heterocycles. The van der Waals surface area contributed by atoms with Crippen molar-refractivity contribution in [2.45, 2.75) is 38.4 Å². The van der Waals surface area contributed by atoms with Crippen LogP contribution in [0.1, 0.15) is 37.3 Å². The van der Waals surface area contributed by atoms with E-state index >= 15 is 0 Å². The van der Waals surface area contributed by atoms with Crippen molar-refractivity contribution in [3.8, 4) is 11.1 Å². The molecule has 0 fully saturated rings. The molecule has 2 aromatic rings. The maximum atomic E-state index is 12.8. The molecule has 10 heteroatoms. The first-order valence-electron chi connectivity index (χ1n) is 11.2. The van der Waals surface area contributed by atoms with Crippen LogP contribution in [0.4, 0.5) is 18.0 Å². The van der Waals surface area contributed by atoms with Crippen molar-refractivity contribution in [3.63, 3.8) is 0 Å². The summed E-state index contributed by atoms with van der Waals surface area (Å²) in [5, 5.41) is 13.3. The Bertz CT molecular complexity index is 1040. The highest BCUT2D eigenvalue weighted by Crippen LogP contribution is 2.44. The molecule has 1 unspecified atom stereocenters. The molecular weight excluding hydrogens is 465 g/mol. The fourth-order valence-electron chi connectivity index (χ4n) is 4.08. The van der Waals surface area contributed by atoms with E-state index in [1.165, 1.54) is 0 Å². The van der Waals surface area contributed by atoms with Gasteiger partial charge in [-0.05, 0) is 28.2 Å². The van der Waals surface area contributed by atoms with Gasteiger partial charge >= 0.3 is 18.2 Å². The number of benzene rings is 2. The highest BCUT2D eigenvalue weighted by atomic mass is 19.4. The Labute approximate surface area is 200 Å². The maximum Gasteiger partial charge on any atom is 0.407 e. The Morgan fingerprint density at radius 1 is 1.00 bits per heavy atom. The van der Waals surface area contributed by atoms with E-state index < -0.39 is 42.7 Å². The van der Waals surface area contributed by atoms with Gasteiger partial charge in [0.05, 0.1) is 0 Å². The molecule has 1 aliphatic rings. The van der Waals surface area contributed by atoms with Crippen LogP contribution in [0.3, 0.4) is 0 Å². The van der Waals surface area contributed by atoms with Gasteiger partial charge in [-0.1, -0.05) is 62.4 Å². The number of carbonyl (C=O) groups excluding carboxylic acids is 2. The van der Waals surface area contributed by atoms with Crippen LogP contribution in [0, 0.1) is 11.8 Å². The van der Waals surface area contributed by atoms with Crippen LogP contribution in [0.5, 0.6) is 0 Å². The van der Waals surface area contributed by atoms with E-state index in [0.717, 1.165) is 22.3 Å². The number of carboxylic acid groups (broad SMARTS) is 1. The van der Waals surface area contributed by atoms with Crippen molar-refractivity contribution in [1.29, 1.82) is 0 Å². The van der Waals surface area contributed by atoms with Gasteiger partial charge in [0.2, 0.25) is 5.91 Å². The lowest BCUT2D eigenvalue weighted by Gasteiger charge is -2.23. The molecule has 0 saturated heterocycles. The van der Waals surface area contributed by atoms with Gasteiger partial charge in [-0.3, -0.25) is 9.59 Å². The minimum Gasteiger partial charge on any atom is -0.481 e. The predicted molar refractivity (Wildman–Crippen MR) is 122 cm³/mol. The van der Waals surface area contributed by atoms with Gasteiger partial charge in [-0.15, -0.1) is 0 Å². The summed E-state index contributed by atoms with van der Waals surface area (Å²) >= 11 is 0. The number of nitrogens with one attached hydrogen (secondary N) is 2. The quantitative estimate of drug-likeness (QED) is 0.484. The molecule has 35 heavy (non-hydrogen) atoms. The van der Waals surface area contributed by atoms with Gasteiger partial charge in [0.1, 0.15) is 6.61 Å². The summed E-state index contributed by atoms with van der Waals surface area (Å²) in [6.45, 7) is 2.45. The van der Waals surface area contributed by atoms with Crippen LogP contribution in [-0.4, -0.2) is 48.4 Å². The van der Waals surface area contributed by atoms with Crippen molar-refractivity contribution in [1.82, 2.24) is 10.6 Å². The van der Waals surface area contributed by atoms with E-state index in [1.807, 2.05) is 53.8 Å².